The fraction of sp³-hybridized carbons (Fsp3) is 0.450. The zero-order chi connectivity index (χ0) is 17.5. The quantitative estimate of drug-likeness (QED) is 0.578. The van der Waals surface area contributed by atoms with Crippen molar-refractivity contribution >= 4 is 17.3 Å². The molecule has 1 saturated carbocycles. The molecule has 0 saturated heterocycles. The van der Waals surface area contributed by atoms with Gasteiger partial charge in [-0.2, -0.15) is 0 Å². The van der Waals surface area contributed by atoms with Gasteiger partial charge in [0, 0.05) is 36.5 Å². The van der Waals surface area contributed by atoms with Crippen LogP contribution in [0.3, 0.4) is 0 Å². The minimum absolute atomic E-state index is 0.394. The van der Waals surface area contributed by atoms with Crippen molar-refractivity contribution < 1.29 is 4.74 Å². The molecule has 1 aliphatic carbocycles. The van der Waals surface area contributed by atoms with Gasteiger partial charge in [0.25, 0.3) is 0 Å². The van der Waals surface area contributed by atoms with Crippen LogP contribution in [-0.2, 0) is 6.54 Å². The molecule has 0 radical (unpaired) electrons. The summed E-state index contributed by atoms with van der Waals surface area (Å²) in [6, 6.07) is 12.5. The Morgan fingerprint density at radius 1 is 1.24 bits per heavy atom. The number of hydrogen-bond acceptors (Lipinski definition) is 3. The van der Waals surface area contributed by atoms with Gasteiger partial charge in [0.2, 0.25) is 0 Å². The van der Waals surface area contributed by atoms with Crippen LogP contribution < -0.4 is 15.4 Å². The lowest BCUT2D eigenvalue weighted by Gasteiger charge is -2.27. The van der Waals surface area contributed by atoms with Crippen molar-refractivity contribution in [3.05, 3.63) is 52.2 Å². The third kappa shape index (κ3) is 4.98. The van der Waals surface area contributed by atoms with Crippen molar-refractivity contribution in [3.8, 4) is 5.75 Å². The predicted molar refractivity (Wildman–Crippen MR) is 106 cm³/mol. The second-order valence-electron chi connectivity index (χ2n) is 6.50. The highest BCUT2D eigenvalue weighted by Gasteiger charge is 2.20. The van der Waals surface area contributed by atoms with Crippen LogP contribution in [0.4, 0.5) is 0 Å². The van der Waals surface area contributed by atoms with Gasteiger partial charge in [-0.25, -0.2) is 0 Å². The zero-order valence-electron chi connectivity index (χ0n) is 15.0. The molecule has 1 unspecified atom stereocenters. The average molecular weight is 358 g/mol. The second-order valence-corrected chi connectivity index (χ2v) is 7.48. The van der Waals surface area contributed by atoms with E-state index in [-0.39, 0.29) is 0 Å². The fourth-order valence-electron chi connectivity index (χ4n) is 2.75. The Bertz CT molecular complexity index is 680. The van der Waals surface area contributed by atoms with Gasteiger partial charge < -0.3 is 15.4 Å². The molecule has 1 aromatic heterocycles. The number of guanidine groups is 1. The van der Waals surface area contributed by atoms with Crippen LogP contribution in [-0.4, -0.2) is 25.7 Å². The second kappa shape index (κ2) is 8.90. The number of aliphatic imine (C=N–C) groups is 1. The molecule has 25 heavy (non-hydrogen) atoms. The Morgan fingerprint density at radius 2 is 2.08 bits per heavy atom. The van der Waals surface area contributed by atoms with Gasteiger partial charge in [0.15, 0.2) is 5.96 Å². The molecule has 0 aliphatic heterocycles. The number of thiophene rings is 1. The summed E-state index contributed by atoms with van der Waals surface area (Å²) < 4.78 is 6.10. The molecule has 1 fully saturated rings. The number of nitrogens with zero attached hydrogens (tertiary/aromatic N) is 1. The highest BCUT2D eigenvalue weighted by atomic mass is 32.1. The molecule has 0 spiro atoms. The number of nitrogens with one attached hydrogen (secondary N) is 2. The molecule has 2 N–H and O–H groups in total. The first-order chi connectivity index (χ1) is 12.3. The Balaban J connectivity index is 1.51. The highest BCUT2D eigenvalue weighted by Crippen LogP contribution is 2.27. The summed E-state index contributed by atoms with van der Waals surface area (Å²) in [5, 5.41) is 8.94. The van der Waals surface area contributed by atoms with Crippen LogP contribution in [0.2, 0.25) is 0 Å². The third-order valence-corrected chi connectivity index (χ3v) is 5.70. The maximum atomic E-state index is 6.10. The molecule has 0 amide bonds. The van der Waals surface area contributed by atoms with Gasteiger partial charge in [-0.3, -0.25) is 4.99 Å². The number of para-hydroxylation sites is 1. The summed E-state index contributed by atoms with van der Waals surface area (Å²) in [6.45, 7) is 3.80. The minimum atomic E-state index is 0.394. The fourth-order valence-corrected chi connectivity index (χ4v) is 3.54. The lowest BCUT2D eigenvalue weighted by molar-refractivity contribution is 0.119. The topological polar surface area (TPSA) is 45.7 Å². The first-order valence-corrected chi connectivity index (χ1v) is 9.86. The average Bonchev–Trinajstić information content (AvgIpc) is 3.13. The Labute approximate surface area is 154 Å². The first kappa shape index (κ1) is 17.8. The van der Waals surface area contributed by atoms with Gasteiger partial charge in [0.1, 0.15) is 5.75 Å². The zero-order valence-corrected chi connectivity index (χ0v) is 15.8. The van der Waals surface area contributed by atoms with Crippen molar-refractivity contribution in [2.75, 3.05) is 13.6 Å². The van der Waals surface area contributed by atoms with Crippen LogP contribution in [0.15, 0.2) is 46.8 Å². The minimum Gasteiger partial charge on any atom is -0.490 e. The summed E-state index contributed by atoms with van der Waals surface area (Å²) in [4.78, 5) is 5.72. The maximum Gasteiger partial charge on any atom is 0.191 e. The standard InChI is InChI=1S/C20H27N3OS/c1-15(19-11-6-12-25-19)13-22-20(21-2)23-14-16-7-3-4-10-18(16)24-17-8-5-9-17/h3-4,6-7,10-12,15,17H,5,8-9,13-14H2,1-2H3,(H2,21,22,23). The molecular weight excluding hydrogens is 330 g/mol. The molecule has 1 atom stereocenters. The van der Waals surface area contributed by atoms with Gasteiger partial charge in [-0.1, -0.05) is 31.2 Å². The molecule has 0 bridgehead atoms. The van der Waals surface area contributed by atoms with Crippen molar-refractivity contribution in [3.63, 3.8) is 0 Å². The number of benzene rings is 1. The van der Waals surface area contributed by atoms with E-state index in [0.717, 1.165) is 18.3 Å². The number of ether oxygens (including phenoxy) is 1. The Morgan fingerprint density at radius 3 is 2.76 bits per heavy atom. The van der Waals surface area contributed by atoms with E-state index in [4.69, 9.17) is 4.74 Å². The summed E-state index contributed by atoms with van der Waals surface area (Å²) in [5.41, 5.74) is 1.17. The normalized spacial score (nSPS) is 16.2. The highest BCUT2D eigenvalue weighted by molar-refractivity contribution is 7.10. The Kier molecular flexibility index (Phi) is 6.34. The molecular formula is C20H27N3OS. The van der Waals surface area contributed by atoms with Crippen molar-refractivity contribution in [2.45, 2.75) is 44.8 Å². The molecule has 4 nitrogen and oxygen atoms in total. The van der Waals surface area contributed by atoms with E-state index < -0.39 is 0 Å². The molecule has 1 aromatic carbocycles. The number of rotatable bonds is 7. The molecule has 1 heterocycles. The number of hydrogen-bond donors (Lipinski definition) is 2. The van der Waals surface area contributed by atoms with Crippen LogP contribution in [0.5, 0.6) is 5.75 Å². The largest absolute Gasteiger partial charge is 0.490 e. The molecule has 5 heteroatoms. The SMILES string of the molecule is CN=C(NCc1ccccc1OC1CCC1)NCC(C)c1cccs1. The summed E-state index contributed by atoms with van der Waals surface area (Å²) in [5.74, 6) is 2.27. The van der Waals surface area contributed by atoms with Gasteiger partial charge >= 0.3 is 0 Å². The summed E-state index contributed by atoms with van der Waals surface area (Å²) >= 11 is 1.80. The molecule has 134 valence electrons. The van der Waals surface area contributed by atoms with E-state index in [1.807, 2.05) is 13.1 Å². The van der Waals surface area contributed by atoms with E-state index in [1.54, 1.807) is 11.3 Å². The van der Waals surface area contributed by atoms with Crippen LogP contribution in [0.1, 0.15) is 42.5 Å². The van der Waals surface area contributed by atoms with Gasteiger partial charge in [-0.05, 0) is 36.8 Å². The van der Waals surface area contributed by atoms with Crippen LogP contribution in [0.25, 0.3) is 0 Å². The van der Waals surface area contributed by atoms with Crippen molar-refractivity contribution in [1.29, 1.82) is 0 Å². The van der Waals surface area contributed by atoms with E-state index in [2.05, 4.69) is 58.3 Å². The molecule has 3 rings (SSSR count). The van der Waals surface area contributed by atoms with Crippen LogP contribution in [0, 0.1) is 0 Å². The van der Waals surface area contributed by atoms with Crippen LogP contribution >= 0.6 is 11.3 Å². The van der Waals surface area contributed by atoms with E-state index in [1.165, 1.54) is 29.7 Å². The van der Waals surface area contributed by atoms with Gasteiger partial charge in [-0.15, -0.1) is 11.3 Å². The van der Waals surface area contributed by atoms with Crippen molar-refractivity contribution in [2.24, 2.45) is 4.99 Å². The van der Waals surface area contributed by atoms with Crippen molar-refractivity contribution in [1.82, 2.24) is 10.6 Å². The molecule has 2 aromatic rings. The monoisotopic (exact) mass is 357 g/mol. The van der Waals surface area contributed by atoms with E-state index in [0.29, 0.717) is 18.6 Å². The summed E-state index contributed by atoms with van der Waals surface area (Å²) in [6.07, 6.45) is 4.02. The van der Waals surface area contributed by atoms with E-state index >= 15 is 0 Å². The maximum absolute atomic E-state index is 6.10. The van der Waals surface area contributed by atoms with E-state index in [9.17, 15) is 0 Å². The predicted octanol–water partition coefficient (Wildman–Crippen LogP) is 4.15. The molecule has 1 aliphatic rings. The van der Waals surface area contributed by atoms with Gasteiger partial charge in [0.05, 0.1) is 6.10 Å². The summed E-state index contributed by atoms with van der Waals surface area (Å²) in [7, 11) is 1.81. The first-order valence-electron chi connectivity index (χ1n) is 8.98. The third-order valence-electron chi connectivity index (χ3n) is 4.59. The lowest BCUT2D eigenvalue weighted by atomic mass is 9.96. The smallest absolute Gasteiger partial charge is 0.191 e. The Hall–Kier alpha value is -2.01. The lowest BCUT2D eigenvalue weighted by Crippen LogP contribution is -2.38.